The van der Waals surface area contributed by atoms with Gasteiger partial charge in [0.1, 0.15) is 5.82 Å². The Labute approximate surface area is 158 Å². The van der Waals surface area contributed by atoms with Crippen LogP contribution < -0.4 is 5.32 Å². The Morgan fingerprint density at radius 1 is 0.750 bits per heavy atom. The van der Waals surface area contributed by atoms with Gasteiger partial charge in [0.2, 0.25) is 0 Å². The van der Waals surface area contributed by atoms with E-state index in [9.17, 15) is 22.4 Å². The van der Waals surface area contributed by atoms with Crippen LogP contribution in [0.3, 0.4) is 0 Å². The van der Waals surface area contributed by atoms with Crippen molar-refractivity contribution in [1.29, 1.82) is 0 Å². The minimum absolute atomic E-state index is 0.277. The molecule has 6 heteroatoms. The lowest BCUT2D eigenvalue weighted by molar-refractivity contribution is -0.137. The number of benzene rings is 3. The van der Waals surface area contributed by atoms with Gasteiger partial charge in [-0.2, -0.15) is 13.2 Å². The fourth-order valence-corrected chi connectivity index (χ4v) is 3.19. The van der Waals surface area contributed by atoms with Crippen LogP contribution in [0.25, 0.3) is 11.3 Å². The van der Waals surface area contributed by atoms with E-state index in [4.69, 9.17) is 0 Å². The number of halogens is 4. The van der Waals surface area contributed by atoms with Crippen LogP contribution in [0.15, 0.2) is 72.8 Å². The molecule has 0 fully saturated rings. The molecule has 1 aliphatic rings. The van der Waals surface area contributed by atoms with Crippen molar-refractivity contribution in [3.63, 3.8) is 0 Å². The fourth-order valence-electron chi connectivity index (χ4n) is 3.19. The maximum atomic E-state index is 13.2. The van der Waals surface area contributed by atoms with Gasteiger partial charge in [-0.15, -0.1) is 0 Å². The van der Waals surface area contributed by atoms with Crippen LogP contribution in [-0.2, 0) is 6.18 Å². The summed E-state index contributed by atoms with van der Waals surface area (Å²) in [6.07, 6.45) is -4.45. The molecule has 0 radical (unpaired) electrons. The maximum Gasteiger partial charge on any atom is 0.416 e. The lowest BCUT2D eigenvalue weighted by Crippen LogP contribution is -2.06. The van der Waals surface area contributed by atoms with Gasteiger partial charge in [-0.25, -0.2) is 4.39 Å². The molecule has 0 saturated heterocycles. The van der Waals surface area contributed by atoms with Crippen LogP contribution in [0.5, 0.6) is 0 Å². The van der Waals surface area contributed by atoms with Gasteiger partial charge in [0, 0.05) is 16.8 Å². The number of allylic oxidation sites excluding steroid dienone is 1. The lowest BCUT2D eigenvalue weighted by Gasteiger charge is -2.12. The summed E-state index contributed by atoms with van der Waals surface area (Å²) in [6.45, 7) is 0. The van der Waals surface area contributed by atoms with Crippen molar-refractivity contribution in [2.75, 3.05) is 5.32 Å². The highest BCUT2D eigenvalue weighted by atomic mass is 19.4. The van der Waals surface area contributed by atoms with Gasteiger partial charge >= 0.3 is 6.18 Å². The standard InChI is InChI=1S/C22H13F4NO/c23-15-9-11-16(12-10-15)27-20-17-3-1-2-4-18(17)21(28)19(20)13-5-7-14(8-6-13)22(24,25)26/h1-12,27H. The molecule has 4 rings (SSSR count). The molecule has 0 amide bonds. The van der Waals surface area contributed by atoms with Crippen molar-refractivity contribution in [2.24, 2.45) is 0 Å². The Balaban J connectivity index is 1.83. The third-order valence-electron chi connectivity index (χ3n) is 4.53. The highest BCUT2D eigenvalue weighted by Gasteiger charge is 2.33. The number of carbonyl (C=O) groups excluding carboxylic acids is 1. The van der Waals surface area contributed by atoms with E-state index in [1.54, 1.807) is 24.3 Å². The van der Waals surface area contributed by atoms with E-state index in [1.807, 2.05) is 0 Å². The second-order valence-electron chi connectivity index (χ2n) is 6.33. The number of fused-ring (bicyclic) bond motifs is 1. The molecule has 0 spiro atoms. The van der Waals surface area contributed by atoms with E-state index in [1.165, 1.54) is 36.4 Å². The number of carbonyl (C=O) groups is 1. The predicted octanol–water partition coefficient (Wildman–Crippen LogP) is 6.02. The maximum absolute atomic E-state index is 13.2. The van der Waals surface area contributed by atoms with Crippen molar-refractivity contribution in [3.8, 4) is 0 Å². The van der Waals surface area contributed by atoms with Crippen molar-refractivity contribution in [1.82, 2.24) is 0 Å². The molecule has 3 aromatic rings. The van der Waals surface area contributed by atoms with Crippen molar-refractivity contribution >= 4 is 22.7 Å². The number of hydrogen-bond acceptors (Lipinski definition) is 2. The van der Waals surface area contributed by atoms with Gasteiger partial charge in [-0.3, -0.25) is 4.79 Å². The Hall–Kier alpha value is -3.41. The molecular formula is C22H13F4NO. The molecule has 3 aromatic carbocycles. The second-order valence-corrected chi connectivity index (χ2v) is 6.33. The number of hydrogen-bond donors (Lipinski definition) is 1. The summed E-state index contributed by atoms with van der Waals surface area (Å²) in [5, 5.41) is 3.12. The molecule has 28 heavy (non-hydrogen) atoms. The predicted molar refractivity (Wildman–Crippen MR) is 99.1 cm³/mol. The van der Waals surface area contributed by atoms with Crippen molar-refractivity contribution in [3.05, 3.63) is 101 Å². The van der Waals surface area contributed by atoms with Gasteiger partial charge < -0.3 is 5.32 Å². The third-order valence-corrected chi connectivity index (χ3v) is 4.53. The van der Waals surface area contributed by atoms with Crippen LogP contribution in [-0.4, -0.2) is 5.78 Å². The number of rotatable bonds is 3. The van der Waals surface area contributed by atoms with E-state index in [2.05, 4.69) is 5.32 Å². The fraction of sp³-hybridized carbons (Fsp3) is 0.0455. The van der Waals surface area contributed by atoms with Gasteiger partial charge in [-0.05, 0) is 42.0 Å². The largest absolute Gasteiger partial charge is 0.416 e. The molecule has 0 saturated carbocycles. The van der Waals surface area contributed by atoms with E-state index < -0.39 is 17.6 Å². The Morgan fingerprint density at radius 2 is 1.36 bits per heavy atom. The number of nitrogens with one attached hydrogen (secondary N) is 1. The van der Waals surface area contributed by atoms with Gasteiger partial charge in [-0.1, -0.05) is 36.4 Å². The van der Waals surface area contributed by atoms with Crippen LogP contribution in [0.4, 0.5) is 23.2 Å². The molecule has 0 bridgehead atoms. The Kier molecular flexibility index (Phi) is 4.26. The highest BCUT2D eigenvalue weighted by molar-refractivity contribution is 6.40. The molecule has 0 heterocycles. The summed E-state index contributed by atoms with van der Waals surface area (Å²) in [7, 11) is 0. The number of anilines is 1. The van der Waals surface area contributed by atoms with E-state index in [-0.39, 0.29) is 11.4 Å². The zero-order valence-corrected chi connectivity index (χ0v) is 14.3. The summed E-state index contributed by atoms with van der Waals surface area (Å²) in [6, 6.07) is 17.0. The average Bonchev–Trinajstić information content (AvgIpc) is 2.95. The average molecular weight is 383 g/mol. The van der Waals surface area contributed by atoms with Crippen LogP contribution in [0.1, 0.15) is 27.0 Å². The number of Topliss-reactive ketones (excluding diaryl/α,β-unsaturated/α-hetero) is 1. The first-order valence-electron chi connectivity index (χ1n) is 8.43. The monoisotopic (exact) mass is 383 g/mol. The number of alkyl halides is 3. The van der Waals surface area contributed by atoms with Crippen LogP contribution >= 0.6 is 0 Å². The molecule has 1 aliphatic carbocycles. The van der Waals surface area contributed by atoms with E-state index in [0.717, 1.165) is 12.1 Å². The summed E-state index contributed by atoms with van der Waals surface area (Å²) >= 11 is 0. The summed E-state index contributed by atoms with van der Waals surface area (Å²) in [5.41, 5.74) is 2.01. The molecule has 0 aliphatic heterocycles. The van der Waals surface area contributed by atoms with Crippen molar-refractivity contribution in [2.45, 2.75) is 6.18 Å². The Bertz CT molecular complexity index is 1080. The molecule has 0 unspecified atom stereocenters. The molecule has 1 N–H and O–H groups in total. The highest BCUT2D eigenvalue weighted by Crippen LogP contribution is 2.39. The van der Waals surface area contributed by atoms with E-state index >= 15 is 0 Å². The third kappa shape index (κ3) is 3.17. The quantitative estimate of drug-likeness (QED) is 0.560. The number of ketones is 1. The normalized spacial score (nSPS) is 13.6. The molecular weight excluding hydrogens is 370 g/mol. The molecule has 0 atom stereocenters. The van der Waals surface area contributed by atoms with Gasteiger partial charge in [0.05, 0.1) is 16.8 Å². The SMILES string of the molecule is O=C1C(c2ccc(C(F)(F)F)cc2)=C(Nc2ccc(F)cc2)c2ccccc21. The zero-order chi connectivity index (χ0) is 19.9. The van der Waals surface area contributed by atoms with Gasteiger partial charge in [0.15, 0.2) is 5.78 Å². The topological polar surface area (TPSA) is 29.1 Å². The Morgan fingerprint density at radius 3 is 1.96 bits per heavy atom. The smallest absolute Gasteiger partial charge is 0.354 e. The summed E-state index contributed by atoms with van der Waals surface area (Å²) in [5.74, 6) is -0.676. The summed E-state index contributed by atoms with van der Waals surface area (Å²) < 4.78 is 51.8. The minimum Gasteiger partial charge on any atom is -0.354 e. The summed E-state index contributed by atoms with van der Waals surface area (Å²) in [4.78, 5) is 13.0. The van der Waals surface area contributed by atoms with Crippen LogP contribution in [0.2, 0.25) is 0 Å². The molecule has 0 aromatic heterocycles. The second kappa shape index (κ2) is 6.64. The zero-order valence-electron chi connectivity index (χ0n) is 14.3. The molecule has 140 valence electrons. The first-order valence-corrected chi connectivity index (χ1v) is 8.43. The van der Waals surface area contributed by atoms with E-state index in [0.29, 0.717) is 28.1 Å². The van der Waals surface area contributed by atoms with Crippen molar-refractivity contribution < 1.29 is 22.4 Å². The lowest BCUT2D eigenvalue weighted by atomic mass is 10.00. The molecule has 2 nitrogen and oxygen atoms in total. The first-order chi connectivity index (χ1) is 13.3. The minimum atomic E-state index is -4.45. The van der Waals surface area contributed by atoms with Gasteiger partial charge in [0.25, 0.3) is 0 Å². The van der Waals surface area contributed by atoms with Crippen LogP contribution in [0, 0.1) is 5.82 Å². The first kappa shape index (κ1) is 18.0.